The number of benzene rings is 1. The number of rotatable bonds is 6. The van der Waals surface area contributed by atoms with Crippen LogP contribution in [0.4, 0.5) is 11.4 Å². The summed E-state index contributed by atoms with van der Waals surface area (Å²) in [4.78, 5) is 31.6. The van der Waals surface area contributed by atoms with Crippen LogP contribution in [-0.4, -0.2) is 68.3 Å². The maximum absolute atomic E-state index is 11.4. The molecular weight excluding hydrogens is 370 g/mol. The van der Waals surface area contributed by atoms with Crippen LogP contribution in [0.5, 0.6) is 5.75 Å². The van der Waals surface area contributed by atoms with E-state index in [1.165, 1.54) is 0 Å². The summed E-state index contributed by atoms with van der Waals surface area (Å²) in [5, 5.41) is 53.6. The number of nitro groups is 2. The smallest absolute Gasteiger partial charge is 0.317 e. The lowest BCUT2D eigenvalue weighted by atomic mass is 9.97. The molecule has 13 heteroatoms. The third-order valence-electron chi connectivity index (χ3n) is 3.84. The van der Waals surface area contributed by atoms with Crippen LogP contribution in [0, 0.1) is 20.2 Å². The average molecular weight is 387 g/mol. The Bertz CT molecular complexity index is 742. The predicted molar refractivity (Wildman–Crippen MR) is 85.7 cm³/mol. The molecule has 4 N–H and O–H groups in total. The molecule has 0 bridgehead atoms. The van der Waals surface area contributed by atoms with Crippen molar-refractivity contribution >= 4 is 17.3 Å². The summed E-state index contributed by atoms with van der Waals surface area (Å²) in [5.41, 5.74) is -1.28. The zero-order valence-corrected chi connectivity index (χ0v) is 13.9. The minimum Gasteiger partial charge on any atom is -0.455 e. The van der Waals surface area contributed by atoms with Crippen molar-refractivity contribution in [2.45, 2.75) is 37.6 Å². The van der Waals surface area contributed by atoms with Crippen LogP contribution in [0.1, 0.15) is 6.92 Å². The molecule has 2 rings (SSSR count). The predicted octanol–water partition coefficient (Wildman–Crippen LogP) is -1.17. The summed E-state index contributed by atoms with van der Waals surface area (Å²) in [5.74, 6) is -1.03. The molecule has 0 spiro atoms. The molecule has 1 aromatic rings. The van der Waals surface area contributed by atoms with Crippen LogP contribution in [0.3, 0.4) is 0 Å². The van der Waals surface area contributed by atoms with E-state index in [1.54, 1.807) is 0 Å². The molecule has 148 valence electrons. The average Bonchev–Trinajstić information content (AvgIpc) is 2.60. The number of hydrogen-bond acceptors (Lipinski definition) is 10. The Labute approximate surface area is 151 Å². The van der Waals surface area contributed by atoms with E-state index in [0.29, 0.717) is 6.07 Å². The van der Waals surface area contributed by atoms with Gasteiger partial charge in [0.15, 0.2) is 0 Å². The molecule has 5 atom stereocenters. The number of hydrogen-bond donors (Lipinski definition) is 4. The Kier molecular flexibility index (Phi) is 6.22. The summed E-state index contributed by atoms with van der Waals surface area (Å²) >= 11 is 0. The summed E-state index contributed by atoms with van der Waals surface area (Å²) in [6, 6.07) is 1.29. The third-order valence-corrected chi connectivity index (χ3v) is 3.84. The fourth-order valence-electron chi connectivity index (χ4n) is 2.56. The molecule has 1 fully saturated rings. The van der Waals surface area contributed by atoms with Gasteiger partial charge in [-0.15, -0.1) is 0 Å². The number of nitrogens with one attached hydrogen (secondary N) is 1. The second-order valence-electron chi connectivity index (χ2n) is 5.72. The topological polar surface area (TPSA) is 195 Å². The van der Waals surface area contributed by atoms with Crippen molar-refractivity contribution in [2.75, 3.05) is 6.61 Å². The van der Waals surface area contributed by atoms with Crippen LogP contribution in [-0.2, 0) is 9.53 Å². The molecule has 1 saturated heterocycles. The fourth-order valence-corrected chi connectivity index (χ4v) is 2.56. The van der Waals surface area contributed by atoms with Gasteiger partial charge in [0, 0.05) is 13.0 Å². The van der Waals surface area contributed by atoms with E-state index in [4.69, 9.17) is 9.47 Å². The highest BCUT2D eigenvalue weighted by molar-refractivity contribution is 5.73. The van der Waals surface area contributed by atoms with Gasteiger partial charge in [-0.2, -0.15) is 0 Å². The zero-order valence-electron chi connectivity index (χ0n) is 13.9. The number of aliphatic hydroxyl groups is 3. The van der Waals surface area contributed by atoms with Crippen molar-refractivity contribution in [2.24, 2.45) is 0 Å². The second kappa shape index (κ2) is 8.22. The van der Waals surface area contributed by atoms with Gasteiger partial charge in [0.25, 0.3) is 5.69 Å². The third kappa shape index (κ3) is 4.46. The molecule has 1 amide bonds. The summed E-state index contributed by atoms with van der Waals surface area (Å²) in [6.45, 7) is 0.426. The fraction of sp³-hybridized carbons (Fsp3) is 0.500. The van der Waals surface area contributed by atoms with Gasteiger partial charge in [0.05, 0.1) is 22.5 Å². The lowest BCUT2D eigenvalue weighted by Crippen LogP contribution is -2.65. The Morgan fingerprint density at radius 3 is 2.44 bits per heavy atom. The van der Waals surface area contributed by atoms with E-state index in [2.05, 4.69) is 5.32 Å². The van der Waals surface area contributed by atoms with Gasteiger partial charge < -0.3 is 30.1 Å². The first-order valence-electron chi connectivity index (χ1n) is 7.64. The standard InChI is InChI=1S/C14H17N3O10/c1-6(19)15-11-13(21)12(20)10(5-18)27-14(11)26-9-3-2-7(16(22)23)4-8(9)17(24)25/h2-4,10-14,18,20-21H,5H2,1H3,(H,15,19)/t10-,11-,12+,13-,14+/m1/s1. The highest BCUT2D eigenvalue weighted by atomic mass is 16.7. The van der Waals surface area contributed by atoms with Gasteiger partial charge in [0.1, 0.15) is 24.4 Å². The number of nitrogens with zero attached hydrogens (tertiary/aromatic N) is 2. The molecule has 0 aliphatic carbocycles. The van der Waals surface area contributed by atoms with Crippen molar-refractivity contribution < 1.29 is 39.4 Å². The molecule has 1 aliphatic heterocycles. The molecule has 0 saturated carbocycles. The normalized spacial score (nSPS) is 27.6. The van der Waals surface area contributed by atoms with E-state index in [-0.39, 0.29) is 0 Å². The lowest BCUT2D eigenvalue weighted by molar-refractivity contribution is -0.395. The largest absolute Gasteiger partial charge is 0.455 e. The van der Waals surface area contributed by atoms with E-state index in [9.17, 15) is 40.3 Å². The molecule has 0 aromatic heterocycles. The van der Waals surface area contributed by atoms with Crippen LogP contribution >= 0.6 is 0 Å². The van der Waals surface area contributed by atoms with Crippen LogP contribution in [0.15, 0.2) is 18.2 Å². The molecule has 27 heavy (non-hydrogen) atoms. The van der Waals surface area contributed by atoms with E-state index < -0.39 is 70.1 Å². The minimum atomic E-state index is -1.61. The lowest BCUT2D eigenvalue weighted by Gasteiger charge is -2.41. The van der Waals surface area contributed by atoms with Crippen molar-refractivity contribution in [1.82, 2.24) is 5.32 Å². The first-order chi connectivity index (χ1) is 12.6. The van der Waals surface area contributed by atoms with Crippen molar-refractivity contribution in [3.63, 3.8) is 0 Å². The molecule has 1 aromatic carbocycles. The number of ether oxygens (including phenoxy) is 2. The van der Waals surface area contributed by atoms with Gasteiger partial charge in [-0.3, -0.25) is 25.0 Å². The summed E-state index contributed by atoms with van der Waals surface area (Å²) in [6.07, 6.45) is -5.97. The van der Waals surface area contributed by atoms with E-state index in [1.807, 2.05) is 0 Å². The SMILES string of the molecule is CC(=O)N[C@H]1[C@@H](Oc2ccc([N+](=O)[O-])cc2[N+](=O)[O-])O[C@H](CO)[C@H](O)[C@@H]1O. The Morgan fingerprint density at radius 2 is 1.93 bits per heavy atom. The molecule has 1 aliphatic rings. The molecule has 1 heterocycles. The van der Waals surface area contributed by atoms with Crippen LogP contribution in [0.25, 0.3) is 0 Å². The quantitative estimate of drug-likeness (QED) is 0.341. The summed E-state index contributed by atoms with van der Waals surface area (Å²) < 4.78 is 10.7. The zero-order chi connectivity index (χ0) is 20.3. The molecular formula is C14H17N3O10. The summed E-state index contributed by atoms with van der Waals surface area (Å²) in [7, 11) is 0. The van der Waals surface area contributed by atoms with Crippen molar-refractivity contribution in [3.05, 3.63) is 38.4 Å². The number of aliphatic hydroxyl groups excluding tert-OH is 3. The Hall–Kier alpha value is -2.87. The molecule has 0 unspecified atom stereocenters. The highest BCUT2D eigenvalue weighted by Gasteiger charge is 2.46. The van der Waals surface area contributed by atoms with E-state index in [0.717, 1.165) is 19.1 Å². The maximum Gasteiger partial charge on any atom is 0.317 e. The maximum atomic E-state index is 11.4. The second-order valence-corrected chi connectivity index (χ2v) is 5.72. The first kappa shape index (κ1) is 20.4. The number of carbonyl (C=O) groups is 1. The van der Waals surface area contributed by atoms with E-state index >= 15 is 0 Å². The van der Waals surface area contributed by atoms with Gasteiger partial charge in [-0.25, -0.2) is 0 Å². The van der Waals surface area contributed by atoms with Gasteiger partial charge in [0.2, 0.25) is 17.9 Å². The Balaban J connectivity index is 2.37. The van der Waals surface area contributed by atoms with Gasteiger partial charge >= 0.3 is 5.69 Å². The monoisotopic (exact) mass is 387 g/mol. The molecule has 13 nitrogen and oxygen atoms in total. The number of non-ortho nitro benzene ring substituents is 1. The van der Waals surface area contributed by atoms with Crippen LogP contribution in [0.2, 0.25) is 0 Å². The number of amides is 1. The number of nitro benzene ring substituents is 2. The van der Waals surface area contributed by atoms with Gasteiger partial charge in [-0.05, 0) is 6.07 Å². The molecule has 0 radical (unpaired) electrons. The van der Waals surface area contributed by atoms with Crippen molar-refractivity contribution in [3.8, 4) is 5.75 Å². The van der Waals surface area contributed by atoms with Crippen molar-refractivity contribution in [1.29, 1.82) is 0 Å². The first-order valence-corrected chi connectivity index (χ1v) is 7.64. The number of carbonyl (C=O) groups excluding carboxylic acids is 1. The minimum absolute atomic E-state index is 0.425. The van der Waals surface area contributed by atoms with Crippen LogP contribution < -0.4 is 10.1 Å². The van der Waals surface area contributed by atoms with Gasteiger partial charge in [-0.1, -0.05) is 0 Å². The highest BCUT2D eigenvalue weighted by Crippen LogP contribution is 2.33. The Morgan fingerprint density at radius 1 is 1.26 bits per heavy atom.